The number of unbranched alkanes of at least 4 members (excludes halogenated alkanes) is 1. The first-order valence-electron chi connectivity index (χ1n) is 3.33. The normalized spacial score (nSPS) is 11.7. The molecular formula is C4H12O8S2. The maximum atomic E-state index is 9.37. The average molecular weight is 252 g/mol. The molecule has 8 nitrogen and oxygen atoms in total. The molecular weight excluding hydrogens is 240 g/mol. The number of rotatable bonds is 4. The highest BCUT2D eigenvalue weighted by molar-refractivity contribution is 8.62. The van der Waals surface area contributed by atoms with Crippen molar-refractivity contribution in [3.8, 4) is 0 Å². The zero-order valence-electron chi connectivity index (χ0n) is 7.07. The van der Waals surface area contributed by atoms with Crippen LogP contribution >= 0.6 is 0 Å². The molecule has 0 fully saturated rings. The van der Waals surface area contributed by atoms with E-state index in [9.17, 15) is 16.8 Å². The Bertz CT molecular complexity index is 279. The molecule has 0 saturated heterocycles. The van der Waals surface area contributed by atoms with Crippen molar-refractivity contribution in [1.29, 1.82) is 0 Å². The van der Waals surface area contributed by atoms with E-state index < -0.39 is 18.3 Å². The Hall–Kier alpha value is -0.260. The SMILES string of the molecule is O=S(=O)(O)S(=O)(=O)O.OCCCCO. The fourth-order valence-corrected chi connectivity index (χ4v) is 0.224. The second-order valence-corrected chi connectivity index (χ2v) is 6.25. The molecule has 0 amide bonds. The standard InChI is InChI=1S/C4H10O2.H2O6S2/c5-3-1-2-4-6;1-7(2,3)8(4,5)6/h5-6H,1-4H2;(H,1,2,3)(H,4,5,6). The molecule has 0 aliphatic heterocycles. The molecule has 10 heteroatoms. The fraction of sp³-hybridized carbons (Fsp3) is 1.00. The van der Waals surface area contributed by atoms with Crippen LogP contribution in [0.1, 0.15) is 12.8 Å². The molecule has 0 atom stereocenters. The molecule has 0 aliphatic rings. The summed E-state index contributed by atoms with van der Waals surface area (Å²) in [6.07, 6.45) is 1.44. The average Bonchev–Trinajstić information content (AvgIpc) is 1.98. The molecule has 0 aromatic carbocycles. The van der Waals surface area contributed by atoms with Gasteiger partial charge >= 0.3 is 18.3 Å². The first-order valence-corrected chi connectivity index (χ1v) is 6.73. The van der Waals surface area contributed by atoms with Crippen LogP contribution in [0.2, 0.25) is 0 Å². The lowest BCUT2D eigenvalue weighted by Gasteiger charge is -1.85. The summed E-state index contributed by atoms with van der Waals surface area (Å²) in [4.78, 5) is 0. The van der Waals surface area contributed by atoms with Crippen molar-refractivity contribution in [2.75, 3.05) is 13.2 Å². The summed E-state index contributed by atoms with van der Waals surface area (Å²) in [5.41, 5.74) is 0. The van der Waals surface area contributed by atoms with Crippen LogP contribution in [0, 0.1) is 0 Å². The number of aliphatic hydroxyl groups is 2. The number of hydrogen-bond acceptors (Lipinski definition) is 6. The first-order chi connectivity index (χ1) is 6.16. The van der Waals surface area contributed by atoms with Crippen molar-refractivity contribution < 1.29 is 36.2 Å². The van der Waals surface area contributed by atoms with Gasteiger partial charge in [-0.1, -0.05) is 0 Å². The molecule has 14 heavy (non-hydrogen) atoms. The van der Waals surface area contributed by atoms with Crippen molar-refractivity contribution in [1.82, 2.24) is 0 Å². The predicted molar refractivity (Wildman–Crippen MR) is 46.5 cm³/mol. The highest BCUT2D eigenvalue weighted by Crippen LogP contribution is 1.90. The molecule has 0 aliphatic carbocycles. The van der Waals surface area contributed by atoms with E-state index in [1.165, 1.54) is 0 Å². The zero-order chi connectivity index (χ0) is 11.8. The third-order valence-corrected chi connectivity index (χ3v) is 2.96. The van der Waals surface area contributed by atoms with Gasteiger partial charge in [-0.25, -0.2) is 0 Å². The minimum atomic E-state index is -5.31. The quantitative estimate of drug-likeness (QED) is 0.266. The van der Waals surface area contributed by atoms with Gasteiger partial charge in [-0.2, -0.15) is 16.8 Å². The van der Waals surface area contributed by atoms with Crippen molar-refractivity contribution in [2.24, 2.45) is 0 Å². The number of hydrogen-bond donors (Lipinski definition) is 4. The van der Waals surface area contributed by atoms with Gasteiger partial charge in [-0.05, 0) is 12.8 Å². The van der Waals surface area contributed by atoms with Crippen LogP contribution in [-0.2, 0) is 18.3 Å². The molecule has 4 N–H and O–H groups in total. The third kappa shape index (κ3) is 9.83. The minimum Gasteiger partial charge on any atom is -0.396 e. The Labute approximate surface area is 81.1 Å². The summed E-state index contributed by atoms with van der Waals surface area (Å²) in [5, 5.41) is 16.2. The molecule has 0 radical (unpaired) electrons. The maximum Gasteiger partial charge on any atom is 0.397 e. The van der Waals surface area contributed by atoms with Gasteiger partial charge in [0.2, 0.25) is 0 Å². The topological polar surface area (TPSA) is 149 Å². The molecule has 0 heterocycles. The van der Waals surface area contributed by atoms with Crippen molar-refractivity contribution in [3.05, 3.63) is 0 Å². The van der Waals surface area contributed by atoms with Crippen LogP contribution in [0.25, 0.3) is 0 Å². The van der Waals surface area contributed by atoms with E-state index in [0.29, 0.717) is 0 Å². The van der Waals surface area contributed by atoms with E-state index in [4.69, 9.17) is 19.3 Å². The van der Waals surface area contributed by atoms with Gasteiger partial charge in [0.15, 0.2) is 0 Å². The van der Waals surface area contributed by atoms with Gasteiger partial charge in [0.25, 0.3) is 0 Å². The lowest BCUT2D eigenvalue weighted by Crippen LogP contribution is -2.11. The Balaban J connectivity index is 0. The van der Waals surface area contributed by atoms with E-state index in [1.54, 1.807) is 0 Å². The highest BCUT2D eigenvalue weighted by Gasteiger charge is 2.22. The molecule has 0 rings (SSSR count). The second kappa shape index (κ2) is 7.09. The summed E-state index contributed by atoms with van der Waals surface area (Å²) in [5.74, 6) is 0. The van der Waals surface area contributed by atoms with Gasteiger partial charge in [0, 0.05) is 13.2 Å². The summed E-state index contributed by atoms with van der Waals surface area (Å²) < 4.78 is 52.5. The van der Waals surface area contributed by atoms with E-state index in [-0.39, 0.29) is 13.2 Å². The van der Waals surface area contributed by atoms with E-state index in [2.05, 4.69) is 0 Å². The van der Waals surface area contributed by atoms with Crippen LogP contribution in [0.4, 0.5) is 0 Å². The van der Waals surface area contributed by atoms with E-state index in [0.717, 1.165) is 12.8 Å². The Morgan fingerprint density at radius 2 is 0.929 bits per heavy atom. The second-order valence-electron chi connectivity index (χ2n) is 2.01. The monoisotopic (exact) mass is 252 g/mol. The summed E-state index contributed by atoms with van der Waals surface area (Å²) in [7, 11) is -10.6. The maximum absolute atomic E-state index is 9.37. The summed E-state index contributed by atoms with van der Waals surface area (Å²) in [6.45, 7) is 0.390. The summed E-state index contributed by atoms with van der Waals surface area (Å²) in [6, 6.07) is 0. The third-order valence-electron chi connectivity index (χ3n) is 0.832. The van der Waals surface area contributed by atoms with Gasteiger partial charge in [0.05, 0.1) is 0 Å². The van der Waals surface area contributed by atoms with Crippen LogP contribution in [0.5, 0.6) is 0 Å². The van der Waals surface area contributed by atoms with Gasteiger partial charge < -0.3 is 10.2 Å². The molecule has 0 spiro atoms. The largest absolute Gasteiger partial charge is 0.397 e. The van der Waals surface area contributed by atoms with Crippen LogP contribution < -0.4 is 0 Å². The first kappa shape index (κ1) is 16.2. The van der Waals surface area contributed by atoms with Crippen LogP contribution in [-0.4, -0.2) is 49.4 Å². The van der Waals surface area contributed by atoms with Gasteiger partial charge in [-0.3, -0.25) is 9.11 Å². The van der Waals surface area contributed by atoms with Crippen molar-refractivity contribution >= 4 is 18.3 Å². The zero-order valence-corrected chi connectivity index (χ0v) is 8.70. The molecule has 0 bridgehead atoms. The predicted octanol–water partition coefficient (Wildman–Crippen LogP) is -1.57. The molecule has 0 aromatic rings. The molecule has 0 unspecified atom stereocenters. The Morgan fingerprint density at radius 1 is 0.714 bits per heavy atom. The summed E-state index contributed by atoms with van der Waals surface area (Å²) >= 11 is 0. The molecule has 0 saturated carbocycles. The Kier molecular flexibility index (Phi) is 8.19. The van der Waals surface area contributed by atoms with E-state index in [1.807, 2.05) is 0 Å². The lowest BCUT2D eigenvalue weighted by atomic mass is 10.3. The van der Waals surface area contributed by atoms with Gasteiger partial charge in [0.1, 0.15) is 0 Å². The highest BCUT2D eigenvalue weighted by atomic mass is 33.2. The Morgan fingerprint density at radius 3 is 1.00 bits per heavy atom. The van der Waals surface area contributed by atoms with Crippen LogP contribution in [0.15, 0.2) is 0 Å². The number of aliphatic hydroxyl groups excluding tert-OH is 2. The van der Waals surface area contributed by atoms with Crippen molar-refractivity contribution in [3.63, 3.8) is 0 Å². The molecule has 0 aromatic heterocycles. The lowest BCUT2D eigenvalue weighted by molar-refractivity contribution is 0.242. The minimum absolute atomic E-state index is 0.195. The van der Waals surface area contributed by atoms with Gasteiger partial charge in [-0.15, -0.1) is 0 Å². The smallest absolute Gasteiger partial charge is 0.396 e. The van der Waals surface area contributed by atoms with Crippen LogP contribution in [0.3, 0.4) is 0 Å². The van der Waals surface area contributed by atoms with Crippen molar-refractivity contribution in [2.45, 2.75) is 12.8 Å². The van der Waals surface area contributed by atoms with E-state index >= 15 is 0 Å². The fourth-order valence-electron chi connectivity index (χ4n) is 0.224. The molecule has 88 valence electrons.